The van der Waals surface area contributed by atoms with Crippen LogP contribution in [0, 0.1) is 44.8 Å². The molecule has 4 fully saturated rings. The molecule has 0 aromatic rings. The Morgan fingerprint density at radius 1 is 0.939 bits per heavy atom. The molecule has 184 valence electrons. The van der Waals surface area contributed by atoms with Crippen LogP contribution in [0.3, 0.4) is 0 Å². The zero-order valence-electron chi connectivity index (χ0n) is 21.6. The third-order valence-corrected chi connectivity index (χ3v) is 12.6. The van der Waals surface area contributed by atoms with Crippen LogP contribution in [0.4, 0.5) is 0 Å². The number of carboxylic acid groups (broad SMARTS) is 1. The molecule has 0 spiro atoms. The number of carbonyl (C=O) groups excluding carboxylic acids is 1. The molecule has 33 heavy (non-hydrogen) atoms. The molecule has 4 heteroatoms. The van der Waals surface area contributed by atoms with Crippen LogP contribution in [0.25, 0.3) is 0 Å². The Morgan fingerprint density at radius 3 is 2.27 bits per heavy atom. The van der Waals surface area contributed by atoms with Gasteiger partial charge in [-0.25, -0.2) is 0 Å². The minimum absolute atomic E-state index is 0.0491. The SMILES string of the molecule is CC1(C)C(=O)CC[C@]2(C)[C@H]3CC=C4[C@@H]5C[C@](C)(O)CC[C@]5(C(=O)O)CC[C@@]4(C)[C@]3(C)CC[C@@H]12. The summed E-state index contributed by atoms with van der Waals surface area (Å²) in [6.45, 7) is 13.6. The summed E-state index contributed by atoms with van der Waals surface area (Å²) in [6, 6.07) is 0. The van der Waals surface area contributed by atoms with E-state index in [1.54, 1.807) is 0 Å². The largest absolute Gasteiger partial charge is 0.481 e. The molecule has 0 heterocycles. The molecule has 0 bridgehead atoms. The first-order chi connectivity index (χ1) is 15.1. The number of allylic oxidation sites excluding steroid dienone is 2. The number of fused-ring (bicyclic) bond motifs is 7. The van der Waals surface area contributed by atoms with E-state index in [0.717, 1.165) is 32.1 Å². The number of rotatable bonds is 1. The van der Waals surface area contributed by atoms with E-state index in [0.29, 0.717) is 49.7 Å². The fourth-order valence-corrected chi connectivity index (χ4v) is 10.2. The fraction of sp³-hybridized carbons (Fsp3) is 0.862. The van der Waals surface area contributed by atoms with Gasteiger partial charge in [-0.3, -0.25) is 9.59 Å². The van der Waals surface area contributed by atoms with Gasteiger partial charge in [-0.15, -0.1) is 0 Å². The molecule has 2 N–H and O–H groups in total. The van der Waals surface area contributed by atoms with Crippen molar-refractivity contribution < 1.29 is 19.8 Å². The molecule has 5 aliphatic carbocycles. The smallest absolute Gasteiger partial charge is 0.310 e. The van der Waals surface area contributed by atoms with Crippen LogP contribution in [0.5, 0.6) is 0 Å². The summed E-state index contributed by atoms with van der Waals surface area (Å²) >= 11 is 0. The molecule has 5 rings (SSSR count). The lowest BCUT2D eigenvalue weighted by molar-refractivity contribution is -0.191. The molecule has 0 aromatic carbocycles. The van der Waals surface area contributed by atoms with E-state index in [-0.39, 0.29) is 27.6 Å². The number of carboxylic acids is 1. The number of hydrogen-bond donors (Lipinski definition) is 2. The molecule has 4 saturated carbocycles. The maximum absolute atomic E-state index is 12.9. The quantitative estimate of drug-likeness (QED) is 0.463. The molecule has 0 unspecified atom stereocenters. The van der Waals surface area contributed by atoms with Crippen LogP contribution in [0.15, 0.2) is 11.6 Å². The second kappa shape index (κ2) is 6.74. The minimum atomic E-state index is -0.794. The summed E-state index contributed by atoms with van der Waals surface area (Å²) < 4.78 is 0. The highest BCUT2D eigenvalue weighted by atomic mass is 16.4. The van der Waals surface area contributed by atoms with Gasteiger partial charge in [0.15, 0.2) is 0 Å². The van der Waals surface area contributed by atoms with Crippen LogP contribution in [-0.4, -0.2) is 27.6 Å². The first kappa shape index (κ1) is 23.6. The Labute approximate surface area is 199 Å². The summed E-state index contributed by atoms with van der Waals surface area (Å²) in [7, 11) is 0. The molecule has 0 amide bonds. The lowest BCUT2D eigenvalue weighted by Gasteiger charge is -2.70. The summed E-state index contributed by atoms with van der Waals surface area (Å²) in [5, 5.41) is 21.4. The summed E-state index contributed by atoms with van der Waals surface area (Å²) in [5.74, 6) is 0.609. The Balaban J connectivity index is 1.60. The van der Waals surface area contributed by atoms with Gasteiger partial charge in [0.2, 0.25) is 0 Å². The van der Waals surface area contributed by atoms with Crippen molar-refractivity contribution in [3.63, 3.8) is 0 Å². The van der Waals surface area contributed by atoms with Crippen molar-refractivity contribution in [2.75, 3.05) is 0 Å². The van der Waals surface area contributed by atoms with Crippen molar-refractivity contribution in [3.05, 3.63) is 11.6 Å². The van der Waals surface area contributed by atoms with Gasteiger partial charge in [-0.2, -0.15) is 0 Å². The van der Waals surface area contributed by atoms with E-state index in [1.165, 1.54) is 5.57 Å². The molecule has 0 aromatic heterocycles. The van der Waals surface area contributed by atoms with E-state index in [9.17, 15) is 19.8 Å². The summed E-state index contributed by atoms with van der Waals surface area (Å²) in [6.07, 6.45) is 10.6. The third-order valence-electron chi connectivity index (χ3n) is 12.6. The molecule has 0 saturated heterocycles. The monoisotopic (exact) mass is 456 g/mol. The van der Waals surface area contributed by atoms with Gasteiger partial charge in [0, 0.05) is 11.8 Å². The third kappa shape index (κ3) is 2.79. The van der Waals surface area contributed by atoms with Gasteiger partial charge in [0.05, 0.1) is 11.0 Å². The molecule has 4 nitrogen and oxygen atoms in total. The molecule has 0 aliphatic heterocycles. The summed E-state index contributed by atoms with van der Waals surface area (Å²) in [4.78, 5) is 25.5. The highest BCUT2D eigenvalue weighted by molar-refractivity contribution is 5.85. The van der Waals surface area contributed by atoms with Crippen LogP contribution >= 0.6 is 0 Å². The molecule has 0 radical (unpaired) electrons. The van der Waals surface area contributed by atoms with Crippen molar-refractivity contribution in [2.24, 2.45) is 44.8 Å². The molecule has 5 aliphatic rings. The Kier molecular flexibility index (Phi) is 4.81. The lowest BCUT2D eigenvalue weighted by Crippen LogP contribution is -2.65. The number of aliphatic hydroxyl groups is 1. The maximum Gasteiger partial charge on any atom is 0.310 e. The van der Waals surface area contributed by atoms with E-state index in [2.05, 4.69) is 40.7 Å². The zero-order chi connectivity index (χ0) is 24.2. The number of ketones is 1. The second-order valence-electron chi connectivity index (χ2n) is 14.2. The van der Waals surface area contributed by atoms with Gasteiger partial charge in [-0.05, 0) is 98.7 Å². The first-order valence-electron chi connectivity index (χ1n) is 13.3. The van der Waals surface area contributed by atoms with Gasteiger partial charge in [0.1, 0.15) is 5.78 Å². The van der Waals surface area contributed by atoms with Crippen LogP contribution in [-0.2, 0) is 9.59 Å². The van der Waals surface area contributed by atoms with Crippen LogP contribution in [0.1, 0.15) is 106 Å². The average molecular weight is 457 g/mol. The Hall–Kier alpha value is -1.16. The zero-order valence-corrected chi connectivity index (χ0v) is 21.6. The van der Waals surface area contributed by atoms with Crippen molar-refractivity contribution in [3.8, 4) is 0 Å². The average Bonchev–Trinajstić information content (AvgIpc) is 2.71. The predicted octanol–water partition coefficient (Wildman–Crippen LogP) is 6.17. The van der Waals surface area contributed by atoms with E-state index in [4.69, 9.17) is 0 Å². The molecule has 8 atom stereocenters. The number of carbonyl (C=O) groups is 2. The standard InChI is InChI=1S/C29H44O4/c1-24(2)20-9-12-28(6)21(26(20,4)11-10-22(24)30)8-7-18-19-17-25(3,33)13-15-29(19,23(31)32)16-14-27(18,28)5/h7,19-21,33H,8-17H2,1-6H3,(H,31,32)/t19-,20-,21+,25+,26-,27+,28+,29-/m0/s1. The molecular weight excluding hydrogens is 412 g/mol. The maximum atomic E-state index is 12.9. The van der Waals surface area contributed by atoms with Crippen LogP contribution in [0.2, 0.25) is 0 Å². The van der Waals surface area contributed by atoms with Gasteiger partial charge in [0.25, 0.3) is 0 Å². The fourth-order valence-electron chi connectivity index (χ4n) is 10.2. The van der Waals surface area contributed by atoms with E-state index < -0.39 is 17.0 Å². The van der Waals surface area contributed by atoms with Crippen molar-refractivity contribution in [2.45, 2.75) is 111 Å². The molecular formula is C29H44O4. The number of hydrogen-bond acceptors (Lipinski definition) is 3. The van der Waals surface area contributed by atoms with Gasteiger partial charge >= 0.3 is 5.97 Å². The number of Topliss-reactive ketones (excluding diaryl/α,β-unsaturated/α-hetero) is 1. The highest BCUT2D eigenvalue weighted by Crippen LogP contribution is 2.75. The summed E-state index contributed by atoms with van der Waals surface area (Å²) in [5.41, 5.74) is -0.266. The van der Waals surface area contributed by atoms with Crippen molar-refractivity contribution in [1.29, 1.82) is 0 Å². The highest BCUT2D eigenvalue weighted by Gasteiger charge is 2.69. The minimum Gasteiger partial charge on any atom is -0.481 e. The lowest BCUT2D eigenvalue weighted by atomic mass is 9.34. The second-order valence-corrected chi connectivity index (χ2v) is 14.2. The van der Waals surface area contributed by atoms with Gasteiger partial charge < -0.3 is 10.2 Å². The van der Waals surface area contributed by atoms with E-state index >= 15 is 0 Å². The van der Waals surface area contributed by atoms with Crippen molar-refractivity contribution >= 4 is 11.8 Å². The van der Waals surface area contributed by atoms with Crippen LogP contribution < -0.4 is 0 Å². The van der Waals surface area contributed by atoms with Gasteiger partial charge in [-0.1, -0.05) is 46.3 Å². The number of aliphatic carboxylic acids is 1. The topological polar surface area (TPSA) is 74.6 Å². The Bertz CT molecular complexity index is 930. The first-order valence-corrected chi connectivity index (χ1v) is 13.3. The predicted molar refractivity (Wildman–Crippen MR) is 129 cm³/mol. The van der Waals surface area contributed by atoms with E-state index in [1.807, 2.05) is 6.92 Å². The normalized spacial score (nSPS) is 53.1. The van der Waals surface area contributed by atoms with Crippen molar-refractivity contribution in [1.82, 2.24) is 0 Å². The Morgan fingerprint density at radius 2 is 1.61 bits per heavy atom.